The molecule has 0 unspecified atom stereocenters. The summed E-state index contributed by atoms with van der Waals surface area (Å²) in [6.07, 6.45) is 0. The van der Waals surface area contributed by atoms with Crippen molar-refractivity contribution in [1.29, 1.82) is 0 Å². The average Bonchev–Trinajstić information content (AvgIpc) is 2.25. The Morgan fingerprint density at radius 1 is 0.950 bits per heavy atom. The van der Waals surface area contributed by atoms with Gasteiger partial charge in [-0.25, -0.2) is 0 Å². The molecule has 0 aliphatic heterocycles. The van der Waals surface area contributed by atoms with Crippen molar-refractivity contribution >= 4 is 26.0 Å². The maximum atomic E-state index is 11.9. The molecule has 0 heterocycles. The van der Waals surface area contributed by atoms with Gasteiger partial charge in [-0.05, 0) is 34.4 Å². The molecule has 0 amide bonds. The molecule has 0 fully saturated rings. The van der Waals surface area contributed by atoms with Crippen LogP contribution in [0.4, 0.5) is 0 Å². The van der Waals surface area contributed by atoms with Crippen molar-refractivity contribution in [3.05, 3.63) is 27.2 Å². The van der Waals surface area contributed by atoms with Gasteiger partial charge in [0.2, 0.25) is 0 Å². The summed E-state index contributed by atoms with van der Waals surface area (Å²) in [5.74, 6) is 0.294. The van der Waals surface area contributed by atoms with Gasteiger partial charge in [-0.1, -0.05) is 63.5 Å². The highest BCUT2D eigenvalue weighted by Crippen LogP contribution is 2.41. The molecule has 20 heavy (non-hydrogen) atoms. The minimum Gasteiger partial charge on any atom is -0.282 e. The molecule has 0 aromatic heterocycles. The van der Waals surface area contributed by atoms with E-state index >= 15 is 0 Å². The Balaban J connectivity index is 3.94. The van der Waals surface area contributed by atoms with Crippen LogP contribution < -0.4 is 0 Å². The molecule has 0 bridgehead atoms. The van der Waals surface area contributed by atoms with E-state index in [-0.39, 0.29) is 22.6 Å². The van der Waals surface area contributed by atoms with E-state index in [1.54, 1.807) is 0 Å². The Kier molecular flexibility index (Phi) is 5.44. The Bertz CT molecular complexity index is 602. The third-order valence-electron chi connectivity index (χ3n) is 3.39. The van der Waals surface area contributed by atoms with E-state index in [1.165, 1.54) is 0 Å². The molecule has 114 valence electrons. The predicted molar refractivity (Wildman–Crippen MR) is 86.2 cm³/mol. The van der Waals surface area contributed by atoms with Crippen molar-refractivity contribution in [2.24, 2.45) is 0 Å². The number of rotatable bonds is 4. The lowest BCUT2D eigenvalue weighted by Gasteiger charge is -2.23. The molecule has 1 aromatic rings. The maximum Gasteiger partial charge on any atom is 0.295 e. The molecule has 0 saturated heterocycles. The third kappa shape index (κ3) is 3.43. The molecule has 0 radical (unpaired) electrons. The van der Waals surface area contributed by atoms with Gasteiger partial charge in [0.15, 0.2) is 0 Å². The van der Waals surface area contributed by atoms with Gasteiger partial charge in [0.05, 0.1) is 0 Å². The van der Waals surface area contributed by atoms with Crippen molar-refractivity contribution < 1.29 is 13.0 Å². The molecule has 3 nitrogen and oxygen atoms in total. The van der Waals surface area contributed by atoms with Gasteiger partial charge in [-0.2, -0.15) is 8.42 Å². The Morgan fingerprint density at radius 2 is 1.40 bits per heavy atom. The second-order valence-corrected chi connectivity index (χ2v) is 8.20. The molecule has 0 spiro atoms. The van der Waals surface area contributed by atoms with Crippen LogP contribution in [0.5, 0.6) is 0 Å². The highest BCUT2D eigenvalue weighted by atomic mass is 79.9. The molecule has 1 N–H and O–H groups in total. The number of hydrogen-bond donors (Lipinski definition) is 1. The zero-order valence-electron chi connectivity index (χ0n) is 12.9. The SMILES string of the molecule is CC(C)c1cc(C(C)C)c(S(=O)(=O)O)c(C(C)C)c1Br. The number of halogens is 1. The van der Waals surface area contributed by atoms with E-state index in [4.69, 9.17) is 0 Å². The van der Waals surface area contributed by atoms with E-state index in [2.05, 4.69) is 29.8 Å². The second kappa shape index (κ2) is 6.16. The first-order valence-corrected chi connectivity index (χ1v) is 9.05. The standard InChI is InChI=1S/C15H23BrO3S/c1-8(2)11-7-12(9(3)4)15(20(17,18)19)13(10(5)6)14(11)16/h7-10H,1-6H3,(H,17,18,19). The van der Waals surface area contributed by atoms with Crippen LogP contribution in [-0.2, 0) is 10.1 Å². The van der Waals surface area contributed by atoms with Crippen LogP contribution >= 0.6 is 15.9 Å². The highest BCUT2D eigenvalue weighted by molar-refractivity contribution is 9.10. The van der Waals surface area contributed by atoms with Gasteiger partial charge in [0.25, 0.3) is 10.1 Å². The van der Waals surface area contributed by atoms with E-state index in [1.807, 2.05) is 33.8 Å². The van der Waals surface area contributed by atoms with Crippen molar-refractivity contribution in [1.82, 2.24) is 0 Å². The van der Waals surface area contributed by atoms with Crippen LogP contribution in [0.15, 0.2) is 15.4 Å². The van der Waals surface area contributed by atoms with Crippen molar-refractivity contribution in [2.75, 3.05) is 0 Å². The molecular formula is C15H23BrO3S. The molecular weight excluding hydrogens is 340 g/mol. The monoisotopic (exact) mass is 362 g/mol. The van der Waals surface area contributed by atoms with Gasteiger partial charge >= 0.3 is 0 Å². The largest absolute Gasteiger partial charge is 0.295 e. The first-order chi connectivity index (χ1) is 8.98. The molecule has 0 aliphatic rings. The third-order valence-corrected chi connectivity index (χ3v) is 5.24. The fourth-order valence-electron chi connectivity index (χ4n) is 2.36. The summed E-state index contributed by atoms with van der Waals surface area (Å²) in [6.45, 7) is 11.9. The van der Waals surface area contributed by atoms with Crippen LogP contribution in [0, 0.1) is 0 Å². The zero-order chi connectivity index (χ0) is 15.8. The Hall–Kier alpha value is -0.390. The van der Waals surface area contributed by atoms with Gasteiger partial charge in [-0.3, -0.25) is 4.55 Å². The molecule has 1 rings (SSSR count). The normalized spacial score (nSPS) is 12.8. The van der Waals surface area contributed by atoms with Crippen LogP contribution in [0.3, 0.4) is 0 Å². The number of benzene rings is 1. The molecule has 5 heteroatoms. The van der Waals surface area contributed by atoms with E-state index in [0.717, 1.165) is 10.0 Å². The van der Waals surface area contributed by atoms with Crippen LogP contribution in [-0.4, -0.2) is 13.0 Å². The van der Waals surface area contributed by atoms with E-state index < -0.39 is 10.1 Å². The molecule has 1 aromatic carbocycles. The minimum atomic E-state index is -4.25. The fourth-order valence-corrected chi connectivity index (χ4v) is 4.93. The lowest BCUT2D eigenvalue weighted by Crippen LogP contribution is -2.12. The molecule has 0 saturated carbocycles. The maximum absolute atomic E-state index is 11.9. The Morgan fingerprint density at radius 3 is 1.70 bits per heavy atom. The number of hydrogen-bond acceptors (Lipinski definition) is 2. The van der Waals surface area contributed by atoms with E-state index in [9.17, 15) is 13.0 Å². The van der Waals surface area contributed by atoms with Crippen molar-refractivity contribution in [3.63, 3.8) is 0 Å². The molecule has 0 aliphatic carbocycles. The zero-order valence-corrected chi connectivity index (χ0v) is 15.3. The summed E-state index contributed by atoms with van der Waals surface area (Å²) >= 11 is 3.53. The van der Waals surface area contributed by atoms with Crippen LogP contribution in [0.25, 0.3) is 0 Å². The van der Waals surface area contributed by atoms with Crippen molar-refractivity contribution in [2.45, 2.75) is 64.2 Å². The first-order valence-electron chi connectivity index (χ1n) is 6.82. The molecule has 0 atom stereocenters. The summed E-state index contributed by atoms with van der Waals surface area (Å²) < 4.78 is 34.1. The topological polar surface area (TPSA) is 54.4 Å². The Labute approximate surface area is 130 Å². The summed E-state index contributed by atoms with van der Waals surface area (Å²) in [5.41, 5.74) is 2.43. The summed E-state index contributed by atoms with van der Waals surface area (Å²) in [5, 5.41) is 0. The van der Waals surface area contributed by atoms with Gasteiger partial charge in [-0.15, -0.1) is 0 Å². The van der Waals surface area contributed by atoms with E-state index in [0.29, 0.717) is 11.1 Å². The van der Waals surface area contributed by atoms with Crippen LogP contribution in [0.2, 0.25) is 0 Å². The summed E-state index contributed by atoms with van der Waals surface area (Å²) in [6, 6.07) is 1.90. The van der Waals surface area contributed by atoms with Crippen molar-refractivity contribution in [3.8, 4) is 0 Å². The minimum absolute atomic E-state index is 0.00231. The first kappa shape index (κ1) is 17.7. The average molecular weight is 363 g/mol. The lowest BCUT2D eigenvalue weighted by molar-refractivity contribution is 0.479. The van der Waals surface area contributed by atoms with Gasteiger partial charge < -0.3 is 0 Å². The van der Waals surface area contributed by atoms with Crippen LogP contribution in [0.1, 0.15) is 76.0 Å². The van der Waals surface area contributed by atoms with Gasteiger partial charge in [0.1, 0.15) is 4.90 Å². The quantitative estimate of drug-likeness (QED) is 0.760. The lowest BCUT2D eigenvalue weighted by atomic mass is 9.89. The highest BCUT2D eigenvalue weighted by Gasteiger charge is 2.28. The summed E-state index contributed by atoms with van der Waals surface area (Å²) in [4.78, 5) is 0.0683. The summed E-state index contributed by atoms with van der Waals surface area (Å²) in [7, 11) is -4.25. The van der Waals surface area contributed by atoms with Gasteiger partial charge in [0, 0.05) is 4.47 Å². The smallest absolute Gasteiger partial charge is 0.282 e. The second-order valence-electron chi connectivity index (χ2n) is 6.05. The predicted octanol–water partition coefficient (Wildman–Crippen LogP) is 5.07. The fraction of sp³-hybridized carbons (Fsp3) is 0.600.